The highest BCUT2D eigenvalue weighted by molar-refractivity contribution is 5.45. The molecule has 1 heterocycles. The summed E-state index contributed by atoms with van der Waals surface area (Å²) in [4.78, 5) is 6.20. The first-order valence-electron chi connectivity index (χ1n) is 4.40. The van der Waals surface area contributed by atoms with E-state index in [4.69, 9.17) is 0 Å². The lowest BCUT2D eigenvalue weighted by Crippen LogP contribution is -2.15. The molecule has 0 aliphatic heterocycles. The Hall–Kier alpha value is -1.09. The van der Waals surface area contributed by atoms with Crippen LogP contribution in [0.2, 0.25) is 0 Å². The van der Waals surface area contributed by atoms with E-state index in [1.807, 2.05) is 31.1 Å². The van der Waals surface area contributed by atoms with E-state index in [1.165, 1.54) is 0 Å². The van der Waals surface area contributed by atoms with Gasteiger partial charge in [-0.3, -0.25) is 0 Å². The van der Waals surface area contributed by atoms with Crippen LogP contribution in [0, 0.1) is 0 Å². The molecule has 1 N–H and O–H groups in total. The minimum Gasteiger partial charge on any atom is -0.393 e. The number of aromatic nitrogens is 1. The monoisotopic (exact) mass is 180 g/mol. The zero-order valence-electron chi connectivity index (χ0n) is 8.36. The van der Waals surface area contributed by atoms with Gasteiger partial charge in [0, 0.05) is 26.7 Å². The number of anilines is 1. The van der Waals surface area contributed by atoms with Gasteiger partial charge in [-0.2, -0.15) is 0 Å². The summed E-state index contributed by atoms with van der Waals surface area (Å²) in [6.45, 7) is 1.78. The standard InChI is InChI=1S/C10H16N2O/c1-8(13)7-9-5-4-6-11-10(9)12(2)3/h4-6,8,13H,7H2,1-3H3/t8-/m1/s1. The molecule has 0 saturated heterocycles. The third-order valence-corrected chi connectivity index (χ3v) is 1.81. The number of nitrogens with zero attached hydrogens (tertiary/aromatic N) is 2. The molecular formula is C10H16N2O. The maximum atomic E-state index is 9.27. The van der Waals surface area contributed by atoms with Crippen molar-refractivity contribution in [3.8, 4) is 0 Å². The summed E-state index contributed by atoms with van der Waals surface area (Å²) in [6.07, 6.45) is 2.10. The fourth-order valence-corrected chi connectivity index (χ4v) is 1.31. The molecule has 72 valence electrons. The number of hydrogen-bond acceptors (Lipinski definition) is 3. The molecule has 0 saturated carbocycles. The van der Waals surface area contributed by atoms with Crippen LogP contribution in [0.15, 0.2) is 18.3 Å². The van der Waals surface area contributed by atoms with Crippen LogP contribution >= 0.6 is 0 Å². The quantitative estimate of drug-likeness (QED) is 0.756. The normalized spacial score (nSPS) is 12.6. The Balaban J connectivity index is 2.91. The van der Waals surface area contributed by atoms with Crippen LogP contribution in [0.1, 0.15) is 12.5 Å². The molecule has 0 amide bonds. The van der Waals surface area contributed by atoms with Crippen molar-refractivity contribution in [2.75, 3.05) is 19.0 Å². The molecule has 1 atom stereocenters. The molecule has 1 aromatic rings. The van der Waals surface area contributed by atoms with Gasteiger partial charge in [0.1, 0.15) is 5.82 Å². The average molecular weight is 180 g/mol. The van der Waals surface area contributed by atoms with Gasteiger partial charge in [-0.15, -0.1) is 0 Å². The van der Waals surface area contributed by atoms with Crippen LogP contribution < -0.4 is 4.90 Å². The summed E-state index contributed by atoms with van der Waals surface area (Å²) in [7, 11) is 3.90. The topological polar surface area (TPSA) is 36.4 Å². The van der Waals surface area contributed by atoms with E-state index in [1.54, 1.807) is 13.1 Å². The third kappa shape index (κ3) is 2.70. The van der Waals surface area contributed by atoms with Gasteiger partial charge in [0.25, 0.3) is 0 Å². The van der Waals surface area contributed by atoms with Crippen LogP contribution in [0.3, 0.4) is 0 Å². The number of pyridine rings is 1. The minimum absolute atomic E-state index is 0.317. The smallest absolute Gasteiger partial charge is 0.131 e. The maximum absolute atomic E-state index is 9.27. The summed E-state index contributed by atoms with van der Waals surface area (Å²) in [5, 5.41) is 9.27. The Kier molecular flexibility index (Phi) is 3.25. The highest BCUT2D eigenvalue weighted by atomic mass is 16.3. The molecule has 0 fully saturated rings. The lowest BCUT2D eigenvalue weighted by atomic mass is 10.1. The highest BCUT2D eigenvalue weighted by Gasteiger charge is 2.07. The van der Waals surface area contributed by atoms with Crippen LogP contribution in [-0.4, -0.2) is 30.3 Å². The summed E-state index contributed by atoms with van der Waals surface area (Å²) in [6, 6.07) is 3.89. The van der Waals surface area contributed by atoms with E-state index >= 15 is 0 Å². The number of aliphatic hydroxyl groups excluding tert-OH is 1. The van der Waals surface area contributed by atoms with Crippen molar-refractivity contribution in [2.24, 2.45) is 0 Å². The first-order chi connectivity index (χ1) is 6.11. The van der Waals surface area contributed by atoms with Crippen LogP contribution in [0.4, 0.5) is 5.82 Å². The van der Waals surface area contributed by atoms with Crippen molar-refractivity contribution < 1.29 is 5.11 Å². The Morgan fingerprint density at radius 3 is 2.77 bits per heavy atom. The van der Waals surface area contributed by atoms with Gasteiger partial charge >= 0.3 is 0 Å². The zero-order chi connectivity index (χ0) is 9.84. The Labute approximate surface area is 79.0 Å². The molecule has 3 heteroatoms. The van der Waals surface area contributed by atoms with Crippen molar-refractivity contribution >= 4 is 5.82 Å². The Bertz CT molecular complexity index is 271. The first kappa shape index (κ1) is 9.99. The van der Waals surface area contributed by atoms with Crippen LogP contribution in [-0.2, 0) is 6.42 Å². The van der Waals surface area contributed by atoms with Crippen molar-refractivity contribution in [1.82, 2.24) is 4.98 Å². The van der Waals surface area contributed by atoms with E-state index in [2.05, 4.69) is 4.98 Å². The molecule has 0 aliphatic carbocycles. The minimum atomic E-state index is -0.317. The number of hydrogen-bond donors (Lipinski definition) is 1. The molecule has 0 radical (unpaired) electrons. The van der Waals surface area contributed by atoms with Gasteiger partial charge in [0.15, 0.2) is 0 Å². The second-order valence-corrected chi connectivity index (χ2v) is 3.43. The van der Waals surface area contributed by atoms with Gasteiger partial charge in [0.05, 0.1) is 6.10 Å². The molecule has 13 heavy (non-hydrogen) atoms. The van der Waals surface area contributed by atoms with E-state index < -0.39 is 0 Å². The molecule has 1 rings (SSSR count). The second kappa shape index (κ2) is 4.23. The molecule has 3 nitrogen and oxygen atoms in total. The van der Waals surface area contributed by atoms with Gasteiger partial charge in [0.2, 0.25) is 0 Å². The Morgan fingerprint density at radius 1 is 1.54 bits per heavy atom. The van der Waals surface area contributed by atoms with E-state index in [-0.39, 0.29) is 6.10 Å². The Morgan fingerprint density at radius 2 is 2.23 bits per heavy atom. The van der Waals surface area contributed by atoms with Gasteiger partial charge in [-0.1, -0.05) is 6.07 Å². The van der Waals surface area contributed by atoms with Crippen molar-refractivity contribution in [3.63, 3.8) is 0 Å². The summed E-state index contributed by atoms with van der Waals surface area (Å²) in [5.74, 6) is 0.934. The number of aliphatic hydroxyl groups is 1. The molecular weight excluding hydrogens is 164 g/mol. The molecule has 0 aliphatic rings. The fourth-order valence-electron chi connectivity index (χ4n) is 1.31. The molecule has 0 spiro atoms. The molecule has 0 aromatic carbocycles. The van der Waals surface area contributed by atoms with Crippen molar-refractivity contribution in [2.45, 2.75) is 19.4 Å². The lowest BCUT2D eigenvalue weighted by Gasteiger charge is -2.16. The predicted octanol–water partition coefficient (Wildman–Crippen LogP) is 1.07. The summed E-state index contributed by atoms with van der Waals surface area (Å²) >= 11 is 0. The largest absolute Gasteiger partial charge is 0.393 e. The van der Waals surface area contributed by atoms with Crippen molar-refractivity contribution in [1.29, 1.82) is 0 Å². The van der Waals surface area contributed by atoms with E-state index in [0.29, 0.717) is 6.42 Å². The van der Waals surface area contributed by atoms with E-state index in [9.17, 15) is 5.11 Å². The fraction of sp³-hybridized carbons (Fsp3) is 0.500. The number of rotatable bonds is 3. The highest BCUT2D eigenvalue weighted by Crippen LogP contribution is 2.15. The summed E-state index contributed by atoms with van der Waals surface area (Å²) < 4.78 is 0. The predicted molar refractivity (Wildman–Crippen MR) is 53.9 cm³/mol. The SMILES string of the molecule is C[C@@H](O)Cc1cccnc1N(C)C. The first-order valence-corrected chi connectivity index (χ1v) is 4.40. The average Bonchev–Trinajstić information content (AvgIpc) is 2.03. The van der Waals surface area contributed by atoms with Gasteiger partial charge < -0.3 is 10.0 Å². The zero-order valence-corrected chi connectivity index (χ0v) is 8.36. The van der Waals surface area contributed by atoms with Crippen molar-refractivity contribution in [3.05, 3.63) is 23.9 Å². The van der Waals surface area contributed by atoms with Gasteiger partial charge in [-0.05, 0) is 18.6 Å². The second-order valence-electron chi connectivity index (χ2n) is 3.43. The van der Waals surface area contributed by atoms with Gasteiger partial charge in [-0.25, -0.2) is 4.98 Å². The molecule has 0 unspecified atom stereocenters. The van der Waals surface area contributed by atoms with E-state index in [0.717, 1.165) is 11.4 Å². The third-order valence-electron chi connectivity index (χ3n) is 1.81. The maximum Gasteiger partial charge on any atom is 0.131 e. The molecule has 1 aromatic heterocycles. The molecule has 0 bridgehead atoms. The lowest BCUT2D eigenvalue weighted by molar-refractivity contribution is 0.195. The van der Waals surface area contributed by atoms with Crippen LogP contribution in [0.5, 0.6) is 0 Å². The van der Waals surface area contributed by atoms with Crippen LogP contribution in [0.25, 0.3) is 0 Å². The summed E-state index contributed by atoms with van der Waals surface area (Å²) in [5.41, 5.74) is 1.09.